The van der Waals surface area contributed by atoms with Crippen molar-refractivity contribution in [1.29, 1.82) is 0 Å². The van der Waals surface area contributed by atoms with Gasteiger partial charge in [-0.25, -0.2) is 4.79 Å². The summed E-state index contributed by atoms with van der Waals surface area (Å²) in [5.41, 5.74) is 1.59. The zero-order valence-electron chi connectivity index (χ0n) is 16.9. The lowest BCUT2D eigenvalue weighted by Crippen LogP contribution is -2.43. The summed E-state index contributed by atoms with van der Waals surface area (Å²) in [7, 11) is 0. The van der Waals surface area contributed by atoms with Gasteiger partial charge in [-0.15, -0.1) is 0 Å². The highest BCUT2D eigenvalue weighted by atomic mass is 35.5. The van der Waals surface area contributed by atoms with Crippen LogP contribution in [0.15, 0.2) is 54.6 Å². The van der Waals surface area contributed by atoms with Crippen LogP contribution in [0.4, 0.5) is 5.69 Å². The van der Waals surface area contributed by atoms with Crippen molar-refractivity contribution in [1.82, 2.24) is 4.90 Å². The molecule has 1 unspecified atom stereocenters. The number of carboxylic acids is 1. The fraction of sp³-hybridized carbons (Fsp3) is 0.304. The Hall–Kier alpha value is -3.19. The Bertz CT molecular complexity index is 962. The summed E-state index contributed by atoms with van der Waals surface area (Å²) in [6, 6.07) is 15.4. The van der Waals surface area contributed by atoms with Gasteiger partial charge in [-0.05, 0) is 42.7 Å². The van der Waals surface area contributed by atoms with Gasteiger partial charge in [0, 0.05) is 30.1 Å². The van der Waals surface area contributed by atoms with Crippen molar-refractivity contribution in [3.8, 4) is 0 Å². The van der Waals surface area contributed by atoms with Crippen LogP contribution < -0.4 is 4.90 Å². The van der Waals surface area contributed by atoms with E-state index in [2.05, 4.69) is 0 Å². The predicted molar refractivity (Wildman–Crippen MR) is 116 cm³/mol. The number of anilines is 1. The maximum absolute atomic E-state index is 13.0. The zero-order valence-corrected chi connectivity index (χ0v) is 17.6. The number of carbonyl (C=O) groups is 4. The van der Waals surface area contributed by atoms with E-state index in [0.717, 1.165) is 5.56 Å². The molecule has 0 aliphatic carbocycles. The average molecular weight is 443 g/mol. The predicted octanol–water partition coefficient (Wildman–Crippen LogP) is 3.30. The molecule has 0 saturated carbocycles. The van der Waals surface area contributed by atoms with Crippen LogP contribution >= 0.6 is 11.6 Å². The number of carboxylic acid groups (broad SMARTS) is 1. The smallest absolute Gasteiger partial charge is 0.374 e. The molecule has 8 heteroatoms. The van der Waals surface area contributed by atoms with E-state index in [0.29, 0.717) is 36.6 Å². The van der Waals surface area contributed by atoms with Crippen LogP contribution in [0, 0.1) is 0 Å². The van der Waals surface area contributed by atoms with Crippen molar-refractivity contribution in [3.63, 3.8) is 0 Å². The number of rotatable bonds is 8. The molecule has 2 amide bonds. The summed E-state index contributed by atoms with van der Waals surface area (Å²) in [6.07, 6.45) is 0.756. The molecule has 1 N–H and O–H groups in total. The second-order valence-electron chi connectivity index (χ2n) is 7.36. The Morgan fingerprint density at radius 1 is 1.00 bits per heavy atom. The van der Waals surface area contributed by atoms with Crippen molar-refractivity contribution in [2.75, 3.05) is 11.4 Å². The number of aliphatic carboxylic acids is 1. The molecule has 0 radical (unpaired) electrons. The number of para-hydroxylation sites is 1. The first-order valence-electron chi connectivity index (χ1n) is 10.0. The number of nitrogens with zero attached hydrogens (tertiary/aromatic N) is 2. The van der Waals surface area contributed by atoms with Gasteiger partial charge in [0.15, 0.2) is 0 Å². The Kier molecular flexibility index (Phi) is 7.41. The molecule has 0 spiro atoms. The van der Waals surface area contributed by atoms with Crippen LogP contribution in [-0.2, 0) is 25.7 Å². The molecule has 2 aromatic carbocycles. The number of hydrogen-bond donors (Lipinski definition) is 1. The molecule has 2 aromatic rings. The Morgan fingerprint density at radius 2 is 1.68 bits per heavy atom. The molecular weight excluding hydrogens is 420 g/mol. The quantitative estimate of drug-likeness (QED) is 0.633. The summed E-state index contributed by atoms with van der Waals surface area (Å²) >= 11 is 5.94. The highest BCUT2D eigenvalue weighted by Gasteiger charge is 2.37. The number of likely N-dealkylation sites (tertiary alicyclic amines) is 1. The lowest BCUT2D eigenvalue weighted by atomic mass is 10.1. The van der Waals surface area contributed by atoms with E-state index in [1.54, 1.807) is 17.0 Å². The summed E-state index contributed by atoms with van der Waals surface area (Å²) in [5, 5.41) is 9.56. The molecule has 31 heavy (non-hydrogen) atoms. The van der Waals surface area contributed by atoms with E-state index in [1.807, 2.05) is 42.5 Å². The van der Waals surface area contributed by atoms with Gasteiger partial charge in [0.05, 0.1) is 6.54 Å². The molecule has 1 saturated heterocycles. The van der Waals surface area contributed by atoms with Gasteiger partial charge < -0.3 is 14.9 Å². The van der Waals surface area contributed by atoms with E-state index in [9.17, 15) is 19.2 Å². The first-order chi connectivity index (χ1) is 14.9. The Balaban J connectivity index is 1.68. The van der Waals surface area contributed by atoms with Gasteiger partial charge >= 0.3 is 5.97 Å². The highest BCUT2D eigenvalue weighted by molar-refractivity contribution is 6.35. The Labute approximate surface area is 185 Å². The van der Waals surface area contributed by atoms with Crippen LogP contribution in [-0.4, -0.2) is 46.2 Å². The van der Waals surface area contributed by atoms with Crippen LogP contribution in [0.2, 0.25) is 5.02 Å². The van der Waals surface area contributed by atoms with Gasteiger partial charge in [-0.3, -0.25) is 14.4 Å². The summed E-state index contributed by atoms with van der Waals surface area (Å²) < 4.78 is 0. The van der Waals surface area contributed by atoms with Crippen LogP contribution in [0.25, 0.3) is 0 Å². The minimum absolute atomic E-state index is 0.0498. The summed E-state index contributed by atoms with van der Waals surface area (Å²) in [5.74, 6) is -3.15. The molecule has 162 valence electrons. The molecule has 1 aliphatic rings. The SMILES string of the molecule is O=C(O)C(=O)C1CCCN1C(=O)CCC(=O)N(Cc1ccc(Cl)cc1)c1ccccc1. The van der Waals surface area contributed by atoms with Crippen molar-refractivity contribution in [2.45, 2.75) is 38.3 Å². The van der Waals surface area contributed by atoms with E-state index in [-0.39, 0.29) is 24.7 Å². The molecule has 1 atom stereocenters. The molecule has 1 heterocycles. The average Bonchev–Trinajstić information content (AvgIpc) is 3.26. The number of benzene rings is 2. The maximum atomic E-state index is 13.0. The third-order valence-electron chi connectivity index (χ3n) is 5.26. The molecule has 0 aromatic heterocycles. The second-order valence-corrected chi connectivity index (χ2v) is 7.79. The summed E-state index contributed by atoms with van der Waals surface area (Å²) in [6.45, 7) is 0.641. The van der Waals surface area contributed by atoms with E-state index < -0.39 is 17.8 Å². The molecular formula is C23H23ClN2O5. The van der Waals surface area contributed by atoms with Gasteiger partial charge in [0.25, 0.3) is 5.78 Å². The third kappa shape index (κ3) is 5.70. The molecule has 0 bridgehead atoms. The van der Waals surface area contributed by atoms with E-state index in [4.69, 9.17) is 16.7 Å². The van der Waals surface area contributed by atoms with E-state index in [1.165, 1.54) is 4.90 Å². The molecule has 1 fully saturated rings. The topological polar surface area (TPSA) is 95.0 Å². The minimum atomic E-state index is -1.54. The number of amides is 2. The second kappa shape index (κ2) is 10.2. The zero-order chi connectivity index (χ0) is 22.4. The molecule has 3 rings (SSSR count). The van der Waals surface area contributed by atoms with Crippen molar-refractivity contribution in [3.05, 3.63) is 65.2 Å². The highest BCUT2D eigenvalue weighted by Crippen LogP contribution is 2.22. The minimum Gasteiger partial charge on any atom is -0.475 e. The van der Waals surface area contributed by atoms with Crippen molar-refractivity contribution in [2.24, 2.45) is 0 Å². The third-order valence-corrected chi connectivity index (χ3v) is 5.51. The lowest BCUT2D eigenvalue weighted by molar-refractivity contribution is -0.152. The molecule has 7 nitrogen and oxygen atoms in total. The number of halogens is 1. The van der Waals surface area contributed by atoms with Crippen LogP contribution in [0.5, 0.6) is 0 Å². The van der Waals surface area contributed by atoms with Crippen LogP contribution in [0.1, 0.15) is 31.2 Å². The van der Waals surface area contributed by atoms with Gasteiger partial charge in [0.1, 0.15) is 6.04 Å². The largest absolute Gasteiger partial charge is 0.475 e. The first-order valence-corrected chi connectivity index (χ1v) is 10.4. The first kappa shape index (κ1) is 22.5. The van der Waals surface area contributed by atoms with Gasteiger partial charge in [-0.1, -0.05) is 41.9 Å². The van der Waals surface area contributed by atoms with Gasteiger partial charge in [-0.2, -0.15) is 0 Å². The number of carbonyl (C=O) groups excluding carboxylic acids is 3. The monoisotopic (exact) mass is 442 g/mol. The Morgan fingerprint density at radius 3 is 2.32 bits per heavy atom. The fourth-order valence-electron chi connectivity index (χ4n) is 3.68. The van der Waals surface area contributed by atoms with E-state index >= 15 is 0 Å². The standard InChI is InChI=1S/C23H23ClN2O5/c24-17-10-8-16(9-11-17)15-26(18-5-2-1-3-6-18)21(28)13-12-20(27)25-14-4-7-19(25)22(29)23(30)31/h1-3,5-6,8-11,19H,4,7,12-15H2,(H,30,31). The van der Waals surface area contributed by atoms with Crippen molar-refractivity contribution < 1.29 is 24.3 Å². The van der Waals surface area contributed by atoms with Crippen molar-refractivity contribution >= 4 is 40.9 Å². The number of ketones is 1. The maximum Gasteiger partial charge on any atom is 0.374 e. The molecule has 1 aliphatic heterocycles. The van der Waals surface area contributed by atoms with Crippen LogP contribution in [0.3, 0.4) is 0 Å². The summed E-state index contributed by atoms with van der Waals surface area (Å²) in [4.78, 5) is 51.4. The number of hydrogen-bond acceptors (Lipinski definition) is 4. The normalized spacial score (nSPS) is 15.5. The lowest BCUT2D eigenvalue weighted by Gasteiger charge is -2.25. The number of Topliss-reactive ketones (excluding diaryl/α,β-unsaturated/α-hetero) is 1. The fourth-order valence-corrected chi connectivity index (χ4v) is 3.80. The van der Waals surface area contributed by atoms with Gasteiger partial charge in [0.2, 0.25) is 11.8 Å².